The molecule has 0 bridgehead atoms. The maximum absolute atomic E-state index is 12.4. The number of hydrogen-bond acceptors (Lipinski definition) is 8. The van der Waals surface area contributed by atoms with Crippen LogP contribution in [0, 0.1) is 17.2 Å². The molecule has 1 aromatic carbocycles. The number of hydrogen-bond donors (Lipinski definition) is 1. The summed E-state index contributed by atoms with van der Waals surface area (Å²) < 4.78 is 18.1. The molecular formula is C27H30N5O5+. The topological polar surface area (TPSA) is 126 Å². The van der Waals surface area contributed by atoms with Crippen LogP contribution in [-0.4, -0.2) is 53.1 Å². The van der Waals surface area contributed by atoms with Crippen molar-refractivity contribution in [2.45, 2.75) is 51.7 Å². The van der Waals surface area contributed by atoms with E-state index in [-0.39, 0.29) is 0 Å². The van der Waals surface area contributed by atoms with Gasteiger partial charge in [-0.1, -0.05) is 10.8 Å². The van der Waals surface area contributed by atoms with Gasteiger partial charge in [-0.15, -0.1) is 0 Å². The first-order chi connectivity index (χ1) is 17.6. The van der Waals surface area contributed by atoms with Crippen molar-refractivity contribution in [3.63, 3.8) is 0 Å². The summed E-state index contributed by atoms with van der Waals surface area (Å²) in [6.45, 7) is 5.19. The predicted molar refractivity (Wildman–Crippen MR) is 135 cm³/mol. The second kappa shape index (κ2) is 10.4. The Labute approximate surface area is 215 Å². The third kappa shape index (κ3) is 6.30. The van der Waals surface area contributed by atoms with Crippen molar-refractivity contribution < 1.29 is 28.5 Å². The molecule has 10 nitrogen and oxygen atoms in total. The third-order valence-electron chi connectivity index (χ3n) is 5.85. The van der Waals surface area contributed by atoms with Gasteiger partial charge in [0.25, 0.3) is 0 Å². The Morgan fingerprint density at radius 3 is 2.57 bits per heavy atom. The first-order valence-electron chi connectivity index (χ1n) is 12.0. The van der Waals surface area contributed by atoms with Crippen molar-refractivity contribution in [2.24, 2.45) is 11.0 Å². The standard InChI is InChI=1S/C27H29N5O5/c1-27(2,3)37-26(34)30-24(25(33)35-5)18-9-11-20(29-15-18)19-10-6-16(14-28)12-22(19)36-23-13-21(17-7-8-17)31-32(23)4/h6,9-12,15,17,24H,7-8,13H2,1-5H3/p+1. The van der Waals surface area contributed by atoms with Crippen LogP contribution in [0.3, 0.4) is 0 Å². The molecule has 0 saturated heterocycles. The predicted octanol–water partition coefficient (Wildman–Crippen LogP) is 3.95. The minimum absolute atomic E-state index is 0.421. The molecule has 1 saturated carbocycles. The molecule has 192 valence electrons. The van der Waals surface area contributed by atoms with Crippen LogP contribution in [-0.2, 0) is 14.3 Å². The van der Waals surface area contributed by atoms with Crippen molar-refractivity contribution in [3.8, 4) is 23.1 Å². The number of carbonyl (C=O) groups is 2. The van der Waals surface area contributed by atoms with E-state index in [1.807, 2.05) is 7.05 Å². The first kappa shape index (κ1) is 25.8. The van der Waals surface area contributed by atoms with Gasteiger partial charge in [0.2, 0.25) is 0 Å². The number of amides is 1. The van der Waals surface area contributed by atoms with E-state index in [2.05, 4.69) is 21.5 Å². The molecule has 37 heavy (non-hydrogen) atoms. The summed E-state index contributed by atoms with van der Waals surface area (Å²) in [7, 11) is 3.08. The summed E-state index contributed by atoms with van der Waals surface area (Å²) >= 11 is 0. The summed E-state index contributed by atoms with van der Waals surface area (Å²) in [5.74, 6) is 1.03. The van der Waals surface area contributed by atoms with Crippen LogP contribution >= 0.6 is 0 Å². The molecule has 1 aromatic heterocycles. The Kier molecular flexibility index (Phi) is 7.25. The summed E-state index contributed by atoms with van der Waals surface area (Å²) in [5.41, 5.74) is 2.49. The van der Waals surface area contributed by atoms with Crippen LogP contribution in [0.1, 0.15) is 57.2 Å². The lowest BCUT2D eigenvalue weighted by molar-refractivity contribution is -0.506. The van der Waals surface area contributed by atoms with Crippen molar-refractivity contribution in [3.05, 3.63) is 47.7 Å². The number of esters is 1. The molecule has 1 amide bonds. The number of rotatable bonds is 6. The summed E-state index contributed by atoms with van der Waals surface area (Å²) in [6, 6.07) is 9.56. The van der Waals surface area contributed by atoms with Gasteiger partial charge in [0.15, 0.2) is 13.1 Å². The Bertz CT molecular complexity index is 1310. The fourth-order valence-electron chi connectivity index (χ4n) is 3.87. The van der Waals surface area contributed by atoms with Crippen molar-refractivity contribution >= 4 is 23.7 Å². The van der Waals surface area contributed by atoms with Gasteiger partial charge in [-0.2, -0.15) is 5.26 Å². The molecule has 2 aliphatic rings. The minimum atomic E-state index is -1.10. The van der Waals surface area contributed by atoms with E-state index in [4.69, 9.17) is 14.2 Å². The minimum Gasteiger partial charge on any atom is -0.467 e. The Balaban J connectivity index is 1.58. The highest BCUT2D eigenvalue weighted by Crippen LogP contribution is 2.35. The SMILES string of the molecule is COC(=O)C(NC(=O)OC(C)(C)C)c1ccc(-c2ccc(C#N)cc2OC2=[N+](C)N=C(C3CC3)C2)nc1. The van der Waals surface area contributed by atoms with Crippen molar-refractivity contribution in [1.82, 2.24) is 10.3 Å². The van der Waals surface area contributed by atoms with E-state index in [1.165, 1.54) is 13.3 Å². The normalized spacial score (nSPS) is 15.9. The lowest BCUT2D eigenvalue weighted by Gasteiger charge is -2.22. The zero-order chi connectivity index (χ0) is 26.7. The van der Waals surface area contributed by atoms with E-state index in [9.17, 15) is 14.9 Å². The monoisotopic (exact) mass is 504 g/mol. The van der Waals surface area contributed by atoms with E-state index < -0.39 is 23.7 Å². The molecule has 1 unspecified atom stereocenters. The van der Waals surface area contributed by atoms with E-state index in [0.717, 1.165) is 18.6 Å². The molecule has 0 radical (unpaired) electrons. The van der Waals surface area contributed by atoms with Gasteiger partial charge in [0, 0.05) is 23.2 Å². The highest BCUT2D eigenvalue weighted by atomic mass is 16.6. The summed E-state index contributed by atoms with van der Waals surface area (Å²) in [5, 5.41) is 16.6. The van der Waals surface area contributed by atoms with E-state index in [1.54, 1.807) is 55.8 Å². The van der Waals surface area contributed by atoms with Gasteiger partial charge in [-0.05, 0) is 63.0 Å². The van der Waals surface area contributed by atoms with E-state index >= 15 is 0 Å². The zero-order valence-electron chi connectivity index (χ0n) is 21.6. The lowest BCUT2D eigenvalue weighted by Crippen LogP contribution is -2.38. The van der Waals surface area contributed by atoms with Crippen LogP contribution in [0.5, 0.6) is 5.75 Å². The van der Waals surface area contributed by atoms with Crippen LogP contribution in [0.4, 0.5) is 4.79 Å². The number of methoxy groups -OCH3 is 1. The van der Waals surface area contributed by atoms with Crippen LogP contribution in [0.2, 0.25) is 0 Å². The number of aromatic nitrogens is 1. The zero-order valence-corrected chi connectivity index (χ0v) is 21.6. The molecular weight excluding hydrogens is 474 g/mol. The molecule has 1 aliphatic carbocycles. The van der Waals surface area contributed by atoms with Crippen LogP contribution in [0.25, 0.3) is 11.3 Å². The lowest BCUT2D eigenvalue weighted by atomic mass is 10.0. The largest absolute Gasteiger partial charge is 0.467 e. The van der Waals surface area contributed by atoms with E-state index in [0.29, 0.717) is 46.4 Å². The molecule has 1 N–H and O–H groups in total. The number of benzene rings is 1. The van der Waals surface area contributed by atoms with Crippen LogP contribution in [0.15, 0.2) is 41.6 Å². The number of ether oxygens (including phenoxy) is 3. The Hall–Kier alpha value is -4.26. The first-order valence-corrected chi connectivity index (χ1v) is 12.0. The maximum Gasteiger partial charge on any atom is 0.408 e. The van der Waals surface area contributed by atoms with Gasteiger partial charge in [0.05, 0.1) is 24.4 Å². The molecule has 4 rings (SSSR count). The second-order valence-electron chi connectivity index (χ2n) is 9.96. The van der Waals surface area contributed by atoms with Gasteiger partial charge >= 0.3 is 18.0 Å². The molecule has 10 heteroatoms. The number of nitrogens with zero attached hydrogens (tertiary/aromatic N) is 4. The third-order valence-corrected chi connectivity index (χ3v) is 5.85. The number of hydrazone groups is 1. The van der Waals surface area contributed by atoms with Crippen molar-refractivity contribution in [1.29, 1.82) is 5.26 Å². The average molecular weight is 505 g/mol. The Morgan fingerprint density at radius 1 is 1.22 bits per heavy atom. The van der Waals surface area contributed by atoms with Crippen LogP contribution < -0.4 is 10.1 Å². The van der Waals surface area contributed by atoms with Gasteiger partial charge < -0.3 is 19.5 Å². The fraction of sp³-hybridized carbons (Fsp3) is 0.407. The maximum atomic E-state index is 12.4. The molecule has 2 heterocycles. The average Bonchev–Trinajstić information content (AvgIpc) is 3.64. The highest BCUT2D eigenvalue weighted by Gasteiger charge is 2.37. The molecule has 2 aromatic rings. The smallest absolute Gasteiger partial charge is 0.408 e. The highest BCUT2D eigenvalue weighted by molar-refractivity contribution is 6.04. The fourth-order valence-corrected chi connectivity index (χ4v) is 3.87. The molecule has 1 fully saturated rings. The second-order valence-corrected chi connectivity index (χ2v) is 9.96. The summed E-state index contributed by atoms with van der Waals surface area (Å²) in [4.78, 5) is 29.2. The number of nitrogens with one attached hydrogen (secondary N) is 1. The molecule has 0 spiro atoms. The van der Waals surface area contributed by atoms with Crippen molar-refractivity contribution in [2.75, 3.05) is 14.2 Å². The number of alkyl carbamates (subject to hydrolysis) is 1. The number of carbonyl (C=O) groups excluding carboxylic acids is 2. The number of nitriles is 1. The van der Waals surface area contributed by atoms with Gasteiger partial charge in [-0.25, -0.2) is 9.59 Å². The molecule has 1 atom stereocenters. The quantitative estimate of drug-likeness (QED) is 0.466. The molecule has 1 aliphatic heterocycles. The summed E-state index contributed by atoms with van der Waals surface area (Å²) in [6.07, 6.45) is 3.67. The van der Waals surface area contributed by atoms with Gasteiger partial charge in [0.1, 0.15) is 23.5 Å². The number of pyridine rings is 1. The Morgan fingerprint density at radius 2 is 1.97 bits per heavy atom. The van der Waals surface area contributed by atoms with Gasteiger partial charge in [-0.3, -0.25) is 4.98 Å².